The lowest BCUT2D eigenvalue weighted by Crippen LogP contribution is -2.02. The van der Waals surface area contributed by atoms with Gasteiger partial charge in [-0.3, -0.25) is 4.79 Å². The van der Waals surface area contributed by atoms with Gasteiger partial charge in [0.05, 0.1) is 6.07 Å². The van der Waals surface area contributed by atoms with Gasteiger partial charge < -0.3 is 5.11 Å². The first-order chi connectivity index (χ1) is 7.24. The first-order valence-electron chi connectivity index (χ1n) is 4.87. The van der Waals surface area contributed by atoms with Crippen LogP contribution in [-0.2, 0) is 4.79 Å². The molecule has 0 aromatic heterocycles. The van der Waals surface area contributed by atoms with Crippen molar-refractivity contribution in [1.29, 1.82) is 5.26 Å². The molecule has 0 heterocycles. The Morgan fingerprint density at radius 3 is 2.60 bits per heavy atom. The third kappa shape index (κ3) is 3.82. The van der Waals surface area contributed by atoms with Crippen LogP contribution in [0.25, 0.3) is 0 Å². The Kier molecular flexibility index (Phi) is 4.36. The predicted molar refractivity (Wildman–Crippen MR) is 56.3 cm³/mol. The van der Waals surface area contributed by atoms with Crippen molar-refractivity contribution < 1.29 is 9.90 Å². The number of hydrogen-bond donors (Lipinski definition) is 1. The highest BCUT2D eigenvalue weighted by molar-refractivity contribution is 5.66. The van der Waals surface area contributed by atoms with Crippen molar-refractivity contribution in [3.63, 3.8) is 0 Å². The van der Waals surface area contributed by atoms with Gasteiger partial charge in [0.2, 0.25) is 0 Å². The number of carbonyl (C=O) groups is 1. The molecule has 3 heteroatoms. The molecule has 1 unspecified atom stereocenters. The Morgan fingerprint density at radius 2 is 2.07 bits per heavy atom. The van der Waals surface area contributed by atoms with Gasteiger partial charge >= 0.3 is 5.97 Å². The molecule has 0 saturated carbocycles. The Labute approximate surface area is 89.0 Å². The number of hydrogen-bond acceptors (Lipinski definition) is 2. The van der Waals surface area contributed by atoms with E-state index in [4.69, 9.17) is 10.4 Å². The van der Waals surface area contributed by atoms with Crippen molar-refractivity contribution in [3.8, 4) is 6.07 Å². The van der Waals surface area contributed by atoms with Gasteiger partial charge in [-0.15, -0.1) is 0 Å². The van der Waals surface area contributed by atoms with Crippen LogP contribution in [0.3, 0.4) is 0 Å². The standard InChI is InChI=1S/C12H13NO2/c13-9-8-11(6-7-12(14)15)10-4-2-1-3-5-10/h1-5,11H,6-8H2,(H,14,15). The predicted octanol–water partition coefficient (Wildman–Crippen LogP) is 2.55. The molecule has 0 amide bonds. The highest BCUT2D eigenvalue weighted by atomic mass is 16.4. The van der Waals surface area contributed by atoms with Crippen LogP contribution in [0.4, 0.5) is 0 Å². The van der Waals surface area contributed by atoms with Crippen molar-refractivity contribution in [2.75, 3.05) is 0 Å². The summed E-state index contributed by atoms with van der Waals surface area (Å²) in [6.07, 6.45) is 1.01. The summed E-state index contributed by atoms with van der Waals surface area (Å²) >= 11 is 0. The van der Waals surface area contributed by atoms with E-state index in [0.717, 1.165) is 5.56 Å². The molecule has 3 nitrogen and oxygen atoms in total. The largest absolute Gasteiger partial charge is 0.481 e. The lowest BCUT2D eigenvalue weighted by atomic mass is 9.92. The van der Waals surface area contributed by atoms with E-state index in [9.17, 15) is 4.79 Å². The summed E-state index contributed by atoms with van der Waals surface area (Å²) in [6.45, 7) is 0. The third-order valence-electron chi connectivity index (χ3n) is 2.32. The minimum absolute atomic E-state index is 0.0345. The zero-order chi connectivity index (χ0) is 11.1. The molecule has 1 aromatic rings. The topological polar surface area (TPSA) is 61.1 Å². The zero-order valence-electron chi connectivity index (χ0n) is 8.39. The van der Waals surface area contributed by atoms with Crippen molar-refractivity contribution in [3.05, 3.63) is 35.9 Å². The maximum absolute atomic E-state index is 10.5. The number of carboxylic acid groups (broad SMARTS) is 1. The minimum Gasteiger partial charge on any atom is -0.481 e. The molecule has 1 atom stereocenters. The van der Waals surface area contributed by atoms with E-state index in [2.05, 4.69) is 6.07 Å². The molecule has 1 rings (SSSR count). The lowest BCUT2D eigenvalue weighted by Gasteiger charge is -2.12. The van der Waals surface area contributed by atoms with E-state index in [1.807, 2.05) is 30.3 Å². The summed E-state index contributed by atoms with van der Waals surface area (Å²) in [5.41, 5.74) is 1.04. The minimum atomic E-state index is -0.811. The van der Waals surface area contributed by atoms with E-state index in [-0.39, 0.29) is 12.3 Å². The van der Waals surface area contributed by atoms with Gasteiger partial charge in [0.1, 0.15) is 0 Å². The molecule has 0 aliphatic rings. The molecule has 0 radical (unpaired) electrons. The first-order valence-corrected chi connectivity index (χ1v) is 4.87. The van der Waals surface area contributed by atoms with Crippen molar-refractivity contribution in [2.24, 2.45) is 0 Å². The van der Waals surface area contributed by atoms with E-state index >= 15 is 0 Å². The molecular weight excluding hydrogens is 190 g/mol. The average Bonchev–Trinajstić information content (AvgIpc) is 2.25. The quantitative estimate of drug-likeness (QED) is 0.799. The van der Waals surface area contributed by atoms with Gasteiger partial charge in [0.25, 0.3) is 0 Å². The molecule has 0 fully saturated rings. The van der Waals surface area contributed by atoms with Gasteiger partial charge in [-0.05, 0) is 17.9 Å². The van der Waals surface area contributed by atoms with Crippen LogP contribution in [0.2, 0.25) is 0 Å². The van der Waals surface area contributed by atoms with Crippen molar-refractivity contribution >= 4 is 5.97 Å². The number of benzene rings is 1. The fourth-order valence-electron chi connectivity index (χ4n) is 1.52. The van der Waals surface area contributed by atoms with Crippen LogP contribution in [0.15, 0.2) is 30.3 Å². The summed E-state index contributed by atoms with van der Waals surface area (Å²) in [5.74, 6) is -0.777. The Bertz CT molecular complexity index is 354. The Morgan fingerprint density at radius 1 is 1.40 bits per heavy atom. The summed E-state index contributed by atoms with van der Waals surface area (Å²) in [5, 5.41) is 17.3. The van der Waals surface area contributed by atoms with Crippen LogP contribution in [0.1, 0.15) is 30.7 Å². The third-order valence-corrected chi connectivity index (χ3v) is 2.32. The number of nitriles is 1. The SMILES string of the molecule is N#CCC(CCC(=O)O)c1ccccc1. The van der Waals surface area contributed by atoms with Gasteiger partial charge in [0, 0.05) is 12.8 Å². The lowest BCUT2D eigenvalue weighted by molar-refractivity contribution is -0.137. The molecule has 0 aliphatic carbocycles. The molecule has 1 aromatic carbocycles. The van der Waals surface area contributed by atoms with Gasteiger partial charge in [-0.25, -0.2) is 0 Å². The Balaban J connectivity index is 2.66. The fraction of sp³-hybridized carbons (Fsp3) is 0.333. The van der Waals surface area contributed by atoms with E-state index in [1.54, 1.807) is 0 Å². The zero-order valence-corrected chi connectivity index (χ0v) is 8.39. The highest BCUT2D eigenvalue weighted by Gasteiger charge is 2.12. The monoisotopic (exact) mass is 203 g/mol. The molecule has 1 N–H and O–H groups in total. The van der Waals surface area contributed by atoms with Crippen LogP contribution in [-0.4, -0.2) is 11.1 Å². The molecular formula is C12H13NO2. The van der Waals surface area contributed by atoms with Gasteiger partial charge in [0.15, 0.2) is 0 Å². The maximum Gasteiger partial charge on any atom is 0.303 e. The molecule has 78 valence electrons. The summed E-state index contributed by atoms with van der Waals surface area (Å²) in [6, 6.07) is 11.7. The summed E-state index contributed by atoms with van der Waals surface area (Å²) < 4.78 is 0. The van der Waals surface area contributed by atoms with Gasteiger partial charge in [-0.2, -0.15) is 5.26 Å². The van der Waals surface area contributed by atoms with Crippen LogP contribution >= 0.6 is 0 Å². The van der Waals surface area contributed by atoms with Crippen molar-refractivity contribution in [1.82, 2.24) is 0 Å². The molecule has 15 heavy (non-hydrogen) atoms. The Hall–Kier alpha value is -1.82. The molecule has 0 saturated heterocycles. The summed E-state index contributed by atoms with van der Waals surface area (Å²) in [7, 11) is 0. The second-order valence-electron chi connectivity index (χ2n) is 3.40. The smallest absolute Gasteiger partial charge is 0.303 e. The summed E-state index contributed by atoms with van der Waals surface area (Å²) in [4.78, 5) is 10.5. The molecule has 0 bridgehead atoms. The maximum atomic E-state index is 10.5. The van der Waals surface area contributed by atoms with Crippen LogP contribution < -0.4 is 0 Å². The number of aliphatic carboxylic acids is 1. The number of carboxylic acids is 1. The van der Waals surface area contributed by atoms with Crippen molar-refractivity contribution in [2.45, 2.75) is 25.2 Å². The molecule has 0 aliphatic heterocycles. The first kappa shape index (κ1) is 11.3. The highest BCUT2D eigenvalue weighted by Crippen LogP contribution is 2.24. The van der Waals surface area contributed by atoms with E-state index in [1.165, 1.54) is 0 Å². The van der Waals surface area contributed by atoms with E-state index < -0.39 is 5.97 Å². The molecule has 0 spiro atoms. The second-order valence-corrected chi connectivity index (χ2v) is 3.40. The fourth-order valence-corrected chi connectivity index (χ4v) is 1.52. The van der Waals surface area contributed by atoms with Crippen LogP contribution in [0.5, 0.6) is 0 Å². The van der Waals surface area contributed by atoms with Gasteiger partial charge in [-0.1, -0.05) is 30.3 Å². The number of nitrogens with zero attached hydrogens (tertiary/aromatic N) is 1. The van der Waals surface area contributed by atoms with E-state index in [0.29, 0.717) is 12.8 Å². The van der Waals surface area contributed by atoms with Crippen LogP contribution in [0, 0.1) is 11.3 Å². The average molecular weight is 203 g/mol. The second kappa shape index (κ2) is 5.82. The normalized spacial score (nSPS) is 11.7. The number of rotatable bonds is 5.